The SMILES string of the molecule is CC(=O)Oc1ccc2c(=O)[nH]c(N)nc2c1. The van der Waals surface area contributed by atoms with Crippen LogP contribution in [0.3, 0.4) is 0 Å². The van der Waals surface area contributed by atoms with Gasteiger partial charge in [0.15, 0.2) is 0 Å². The van der Waals surface area contributed by atoms with Crippen molar-refractivity contribution in [3.63, 3.8) is 0 Å². The fourth-order valence-electron chi connectivity index (χ4n) is 1.37. The van der Waals surface area contributed by atoms with Crippen molar-refractivity contribution in [2.24, 2.45) is 0 Å². The number of esters is 1. The van der Waals surface area contributed by atoms with Crippen LogP contribution in [0.25, 0.3) is 10.9 Å². The van der Waals surface area contributed by atoms with Crippen molar-refractivity contribution in [1.29, 1.82) is 0 Å². The maximum absolute atomic E-state index is 11.4. The zero-order chi connectivity index (χ0) is 11.7. The first-order valence-electron chi connectivity index (χ1n) is 4.54. The highest BCUT2D eigenvalue weighted by atomic mass is 16.5. The average Bonchev–Trinajstić information content (AvgIpc) is 2.15. The molecule has 1 aromatic carbocycles. The summed E-state index contributed by atoms with van der Waals surface area (Å²) in [5.74, 6) is -0.0767. The molecular formula is C10H9N3O3. The molecule has 1 aromatic heterocycles. The van der Waals surface area contributed by atoms with Gasteiger partial charge in [0.1, 0.15) is 5.75 Å². The third-order valence-corrected chi connectivity index (χ3v) is 1.96. The summed E-state index contributed by atoms with van der Waals surface area (Å²) in [5.41, 5.74) is 5.47. The van der Waals surface area contributed by atoms with Crippen molar-refractivity contribution in [3.05, 3.63) is 28.6 Å². The number of ether oxygens (including phenoxy) is 1. The van der Waals surface area contributed by atoms with Crippen LogP contribution in [0.2, 0.25) is 0 Å². The Kier molecular flexibility index (Phi) is 2.32. The van der Waals surface area contributed by atoms with Crippen LogP contribution >= 0.6 is 0 Å². The molecule has 6 nitrogen and oxygen atoms in total. The number of anilines is 1. The summed E-state index contributed by atoms with van der Waals surface area (Å²) in [4.78, 5) is 28.5. The van der Waals surface area contributed by atoms with Crippen molar-refractivity contribution in [1.82, 2.24) is 9.97 Å². The summed E-state index contributed by atoms with van der Waals surface area (Å²) >= 11 is 0. The van der Waals surface area contributed by atoms with E-state index in [-0.39, 0.29) is 11.5 Å². The standard InChI is InChI=1S/C10H9N3O3/c1-5(14)16-6-2-3-7-8(4-6)12-10(11)13-9(7)15/h2-4H,1H3,(H3,11,12,13,15). The van der Waals surface area contributed by atoms with Gasteiger partial charge >= 0.3 is 5.97 Å². The molecule has 0 spiro atoms. The first-order valence-corrected chi connectivity index (χ1v) is 4.54. The fourth-order valence-corrected chi connectivity index (χ4v) is 1.37. The van der Waals surface area contributed by atoms with E-state index in [1.54, 1.807) is 0 Å². The van der Waals surface area contributed by atoms with Gasteiger partial charge < -0.3 is 10.5 Å². The molecule has 0 bridgehead atoms. The van der Waals surface area contributed by atoms with E-state index in [2.05, 4.69) is 9.97 Å². The third kappa shape index (κ3) is 1.85. The second-order valence-electron chi connectivity index (χ2n) is 3.22. The summed E-state index contributed by atoms with van der Waals surface area (Å²) in [6.07, 6.45) is 0. The van der Waals surface area contributed by atoms with E-state index in [0.29, 0.717) is 16.7 Å². The normalized spacial score (nSPS) is 10.3. The Hall–Kier alpha value is -2.37. The number of fused-ring (bicyclic) bond motifs is 1. The lowest BCUT2D eigenvalue weighted by Gasteiger charge is -2.02. The Labute approximate surface area is 90.1 Å². The highest BCUT2D eigenvalue weighted by Crippen LogP contribution is 2.17. The number of carbonyl (C=O) groups excluding carboxylic acids is 1. The lowest BCUT2D eigenvalue weighted by molar-refractivity contribution is -0.131. The lowest BCUT2D eigenvalue weighted by Crippen LogP contribution is -2.11. The molecule has 0 fully saturated rings. The molecule has 1 heterocycles. The summed E-state index contributed by atoms with van der Waals surface area (Å²) < 4.78 is 4.87. The van der Waals surface area contributed by atoms with E-state index in [9.17, 15) is 9.59 Å². The molecule has 0 radical (unpaired) electrons. The third-order valence-electron chi connectivity index (χ3n) is 1.96. The predicted octanol–water partition coefficient (Wildman–Crippen LogP) is 0.431. The van der Waals surface area contributed by atoms with Crippen LogP contribution in [0.1, 0.15) is 6.92 Å². The number of rotatable bonds is 1. The molecule has 6 heteroatoms. The number of benzene rings is 1. The number of nitrogen functional groups attached to an aromatic ring is 1. The smallest absolute Gasteiger partial charge is 0.308 e. The zero-order valence-corrected chi connectivity index (χ0v) is 8.48. The Morgan fingerprint density at radius 3 is 2.94 bits per heavy atom. The molecule has 0 atom stereocenters. The van der Waals surface area contributed by atoms with E-state index in [1.165, 1.54) is 25.1 Å². The number of carbonyl (C=O) groups is 1. The average molecular weight is 219 g/mol. The summed E-state index contributed by atoms with van der Waals surface area (Å²) in [7, 11) is 0. The Morgan fingerprint density at radius 2 is 2.25 bits per heavy atom. The van der Waals surface area contributed by atoms with Crippen LogP contribution in [0.15, 0.2) is 23.0 Å². The molecule has 0 aliphatic carbocycles. The number of aromatic amines is 1. The summed E-state index contributed by atoms with van der Waals surface area (Å²) in [5, 5.41) is 0.394. The van der Waals surface area contributed by atoms with Gasteiger partial charge in [0.05, 0.1) is 10.9 Å². The van der Waals surface area contributed by atoms with Crippen LogP contribution < -0.4 is 16.0 Å². The van der Waals surface area contributed by atoms with Crippen molar-refractivity contribution in [2.45, 2.75) is 6.92 Å². The highest BCUT2D eigenvalue weighted by Gasteiger charge is 2.04. The minimum atomic E-state index is -0.433. The van der Waals surface area contributed by atoms with E-state index in [1.807, 2.05) is 0 Å². The number of hydrogen-bond donors (Lipinski definition) is 2. The van der Waals surface area contributed by atoms with Crippen molar-refractivity contribution >= 4 is 22.8 Å². The van der Waals surface area contributed by atoms with Gasteiger partial charge in [-0.2, -0.15) is 0 Å². The first kappa shape index (κ1) is 10.2. The topological polar surface area (TPSA) is 98.1 Å². The highest BCUT2D eigenvalue weighted by molar-refractivity contribution is 5.81. The van der Waals surface area contributed by atoms with Gasteiger partial charge in [-0.25, -0.2) is 4.98 Å². The van der Waals surface area contributed by atoms with Crippen molar-refractivity contribution in [2.75, 3.05) is 5.73 Å². The number of hydrogen-bond acceptors (Lipinski definition) is 5. The monoisotopic (exact) mass is 219 g/mol. The summed E-state index contributed by atoms with van der Waals surface area (Å²) in [6.45, 7) is 1.30. The number of nitrogens with zero attached hydrogens (tertiary/aromatic N) is 1. The largest absolute Gasteiger partial charge is 0.427 e. The van der Waals surface area contributed by atoms with E-state index in [4.69, 9.17) is 10.5 Å². The fraction of sp³-hybridized carbons (Fsp3) is 0.100. The molecule has 0 aliphatic heterocycles. The van der Waals surface area contributed by atoms with Gasteiger partial charge in [0.25, 0.3) is 5.56 Å². The van der Waals surface area contributed by atoms with Gasteiger partial charge in [-0.3, -0.25) is 14.6 Å². The van der Waals surface area contributed by atoms with Gasteiger partial charge in [-0.15, -0.1) is 0 Å². The van der Waals surface area contributed by atoms with Crippen LogP contribution in [0, 0.1) is 0 Å². The Bertz CT molecular complexity index is 618. The molecule has 0 saturated heterocycles. The Balaban J connectivity index is 2.61. The zero-order valence-electron chi connectivity index (χ0n) is 8.48. The maximum atomic E-state index is 11.4. The number of nitrogens with one attached hydrogen (secondary N) is 1. The second kappa shape index (κ2) is 3.65. The molecule has 0 amide bonds. The number of aromatic nitrogens is 2. The van der Waals surface area contributed by atoms with Crippen LogP contribution in [-0.4, -0.2) is 15.9 Å². The van der Waals surface area contributed by atoms with E-state index >= 15 is 0 Å². The van der Waals surface area contributed by atoms with Gasteiger partial charge in [-0.05, 0) is 12.1 Å². The minimum Gasteiger partial charge on any atom is -0.427 e. The lowest BCUT2D eigenvalue weighted by atomic mass is 10.2. The van der Waals surface area contributed by atoms with Crippen LogP contribution in [-0.2, 0) is 4.79 Å². The second-order valence-corrected chi connectivity index (χ2v) is 3.22. The summed E-state index contributed by atoms with van der Waals surface area (Å²) in [6, 6.07) is 4.54. The van der Waals surface area contributed by atoms with Gasteiger partial charge in [0.2, 0.25) is 5.95 Å². The van der Waals surface area contributed by atoms with Crippen LogP contribution in [0.5, 0.6) is 5.75 Å². The molecule has 3 N–H and O–H groups in total. The Morgan fingerprint density at radius 1 is 1.50 bits per heavy atom. The van der Waals surface area contributed by atoms with Crippen LogP contribution in [0.4, 0.5) is 5.95 Å². The van der Waals surface area contributed by atoms with Crippen molar-refractivity contribution < 1.29 is 9.53 Å². The first-order chi connectivity index (χ1) is 7.56. The number of H-pyrrole nitrogens is 1. The van der Waals surface area contributed by atoms with Gasteiger partial charge in [-0.1, -0.05) is 0 Å². The molecule has 0 unspecified atom stereocenters. The van der Waals surface area contributed by atoms with Gasteiger partial charge in [0, 0.05) is 13.0 Å². The van der Waals surface area contributed by atoms with Crippen molar-refractivity contribution in [3.8, 4) is 5.75 Å². The van der Waals surface area contributed by atoms with E-state index in [0.717, 1.165) is 0 Å². The predicted molar refractivity (Wildman–Crippen MR) is 58.1 cm³/mol. The maximum Gasteiger partial charge on any atom is 0.308 e. The molecular weight excluding hydrogens is 210 g/mol. The minimum absolute atomic E-state index is 0.0254. The van der Waals surface area contributed by atoms with E-state index < -0.39 is 5.97 Å². The quantitative estimate of drug-likeness (QED) is 0.535. The number of nitrogens with two attached hydrogens (primary N) is 1. The molecule has 82 valence electrons. The molecule has 0 aliphatic rings. The molecule has 0 saturated carbocycles. The molecule has 2 aromatic rings. The molecule has 16 heavy (non-hydrogen) atoms. The molecule has 2 rings (SSSR count).